The summed E-state index contributed by atoms with van der Waals surface area (Å²) >= 11 is 1.31. The Balaban J connectivity index is 1.24. The summed E-state index contributed by atoms with van der Waals surface area (Å²) in [6.07, 6.45) is 5.14. The largest absolute Gasteiger partial charge is 0.319 e. The number of rotatable bonds is 6. The molecule has 1 N–H and O–H groups in total. The number of thioether (sulfide) groups is 1. The van der Waals surface area contributed by atoms with Crippen LogP contribution in [0.4, 0.5) is 11.4 Å². The Hall–Kier alpha value is -3.85. The number of carbonyl (C=O) groups excluding carboxylic acids is 3. The van der Waals surface area contributed by atoms with Crippen LogP contribution in [0.25, 0.3) is 5.69 Å². The summed E-state index contributed by atoms with van der Waals surface area (Å²) in [6, 6.07) is 16.3. The number of allylic oxidation sites excluding steroid dienone is 2. The highest BCUT2D eigenvalue weighted by Crippen LogP contribution is 2.38. The summed E-state index contributed by atoms with van der Waals surface area (Å²) in [5.74, 6) is -1.02. The molecule has 9 heteroatoms. The zero-order valence-corrected chi connectivity index (χ0v) is 20.8. The molecule has 2 heterocycles. The van der Waals surface area contributed by atoms with Crippen LogP contribution in [0.2, 0.25) is 0 Å². The van der Waals surface area contributed by atoms with Gasteiger partial charge in [0, 0.05) is 11.9 Å². The lowest BCUT2D eigenvalue weighted by atomic mass is 9.85. The number of hydrogen-bond acceptors (Lipinski definition) is 5. The first-order valence-electron chi connectivity index (χ1n) is 11.8. The van der Waals surface area contributed by atoms with E-state index in [0.717, 1.165) is 4.90 Å². The lowest BCUT2D eigenvalue weighted by molar-refractivity contribution is -0.122. The fourth-order valence-electron chi connectivity index (χ4n) is 4.78. The van der Waals surface area contributed by atoms with Crippen LogP contribution >= 0.6 is 11.8 Å². The molecule has 1 aliphatic carbocycles. The fraction of sp³-hybridized carbons (Fsp3) is 0.259. The Morgan fingerprint density at radius 3 is 2.14 bits per heavy atom. The van der Waals surface area contributed by atoms with Gasteiger partial charge in [-0.25, -0.2) is 4.68 Å². The van der Waals surface area contributed by atoms with Crippen molar-refractivity contribution < 1.29 is 14.4 Å². The van der Waals surface area contributed by atoms with Gasteiger partial charge in [-0.3, -0.25) is 28.8 Å². The number of amides is 3. The average Bonchev–Trinajstić information content (AvgIpc) is 3.27. The molecular weight excluding hydrogens is 476 g/mol. The maximum atomic E-state index is 13.0. The Bertz CT molecular complexity index is 1400. The van der Waals surface area contributed by atoms with Crippen molar-refractivity contribution >= 4 is 40.9 Å². The number of nitrogens with zero attached hydrogens (tertiary/aromatic N) is 3. The van der Waals surface area contributed by atoms with E-state index in [9.17, 15) is 19.2 Å². The van der Waals surface area contributed by atoms with Crippen molar-refractivity contribution in [1.29, 1.82) is 0 Å². The summed E-state index contributed by atoms with van der Waals surface area (Å²) in [5, 5.41) is 2.76. The van der Waals surface area contributed by atoms with Crippen LogP contribution in [0.1, 0.15) is 18.5 Å². The molecule has 0 spiro atoms. The van der Waals surface area contributed by atoms with E-state index >= 15 is 0 Å². The monoisotopic (exact) mass is 502 g/mol. The van der Waals surface area contributed by atoms with Gasteiger partial charge in [0.15, 0.2) is 0 Å². The molecule has 0 radical (unpaired) electrons. The minimum absolute atomic E-state index is 0.107. The summed E-state index contributed by atoms with van der Waals surface area (Å²) in [7, 11) is 1.77. The summed E-state index contributed by atoms with van der Waals surface area (Å²) in [4.78, 5) is 53.3. The van der Waals surface area contributed by atoms with Crippen molar-refractivity contribution in [2.24, 2.45) is 18.9 Å². The SMILES string of the molecule is Cc1c(NC(=O)CSc2ccc(N3C(=O)C4CC=CCC4C3=O)cc2)c(=O)n(-c2ccccc2)n1C. The predicted molar refractivity (Wildman–Crippen MR) is 139 cm³/mol. The van der Waals surface area contributed by atoms with Gasteiger partial charge >= 0.3 is 0 Å². The van der Waals surface area contributed by atoms with Crippen LogP contribution < -0.4 is 15.8 Å². The van der Waals surface area contributed by atoms with Crippen molar-refractivity contribution in [2.45, 2.75) is 24.7 Å². The zero-order chi connectivity index (χ0) is 25.4. The number of aromatic nitrogens is 2. The molecule has 3 amide bonds. The highest BCUT2D eigenvalue weighted by Gasteiger charge is 2.47. The van der Waals surface area contributed by atoms with Crippen LogP contribution in [0, 0.1) is 18.8 Å². The maximum absolute atomic E-state index is 13.0. The number of nitrogens with one attached hydrogen (secondary N) is 1. The molecule has 2 atom stereocenters. The molecule has 1 saturated heterocycles. The third-order valence-corrected chi connectivity index (χ3v) is 7.80. The first-order chi connectivity index (χ1) is 17.4. The molecule has 2 aromatic carbocycles. The summed E-state index contributed by atoms with van der Waals surface area (Å²) in [5.41, 5.74) is 1.88. The van der Waals surface area contributed by atoms with E-state index in [0.29, 0.717) is 29.9 Å². The van der Waals surface area contributed by atoms with E-state index in [1.165, 1.54) is 21.3 Å². The van der Waals surface area contributed by atoms with Gasteiger partial charge in [0.25, 0.3) is 5.56 Å². The smallest absolute Gasteiger partial charge is 0.295 e. The number of hydrogen-bond donors (Lipinski definition) is 1. The molecule has 1 fully saturated rings. The van der Waals surface area contributed by atoms with Gasteiger partial charge in [-0.05, 0) is 56.2 Å². The summed E-state index contributed by atoms with van der Waals surface area (Å²) in [6.45, 7) is 1.79. The second-order valence-electron chi connectivity index (χ2n) is 8.93. The van der Waals surface area contributed by atoms with Gasteiger partial charge < -0.3 is 5.32 Å². The molecule has 2 unspecified atom stereocenters. The van der Waals surface area contributed by atoms with Crippen molar-refractivity contribution in [3.63, 3.8) is 0 Å². The standard InChI is InChI=1S/C27H26N4O4S/c1-17-24(27(35)31(29(17)2)19-8-4-3-5-9-19)28-23(32)16-36-20-14-12-18(13-15-20)30-25(33)21-10-6-7-11-22(21)26(30)34/h3-9,12-15,21-22H,10-11,16H2,1-2H3,(H,28,32). The van der Waals surface area contributed by atoms with Crippen LogP contribution in [0.3, 0.4) is 0 Å². The van der Waals surface area contributed by atoms with Gasteiger partial charge in [0.2, 0.25) is 17.7 Å². The van der Waals surface area contributed by atoms with E-state index < -0.39 is 0 Å². The molecular formula is C27H26N4O4S. The first-order valence-corrected chi connectivity index (χ1v) is 12.7. The minimum Gasteiger partial charge on any atom is -0.319 e. The molecule has 1 aromatic heterocycles. The normalized spacial score (nSPS) is 19.0. The molecule has 1 aliphatic heterocycles. The number of anilines is 2. The van der Waals surface area contributed by atoms with Gasteiger partial charge in [-0.2, -0.15) is 0 Å². The minimum atomic E-state index is -0.295. The van der Waals surface area contributed by atoms with Crippen LogP contribution in [-0.4, -0.2) is 32.8 Å². The van der Waals surface area contributed by atoms with Crippen molar-refractivity contribution in [1.82, 2.24) is 9.36 Å². The lowest BCUT2D eigenvalue weighted by Gasteiger charge is -2.15. The van der Waals surface area contributed by atoms with Crippen LogP contribution in [0.5, 0.6) is 0 Å². The molecule has 36 heavy (non-hydrogen) atoms. The van der Waals surface area contributed by atoms with E-state index in [4.69, 9.17) is 0 Å². The number of para-hydroxylation sites is 1. The first kappa shape index (κ1) is 23.9. The van der Waals surface area contributed by atoms with Crippen molar-refractivity contribution in [3.8, 4) is 5.69 Å². The zero-order valence-electron chi connectivity index (χ0n) is 20.0. The Morgan fingerprint density at radius 2 is 1.53 bits per heavy atom. The van der Waals surface area contributed by atoms with Gasteiger partial charge in [-0.15, -0.1) is 11.8 Å². The molecule has 184 valence electrons. The summed E-state index contributed by atoms with van der Waals surface area (Å²) < 4.78 is 3.23. The lowest BCUT2D eigenvalue weighted by Crippen LogP contribution is -2.30. The Labute approximate surface area is 212 Å². The Morgan fingerprint density at radius 1 is 0.917 bits per heavy atom. The molecule has 2 aliphatic rings. The van der Waals surface area contributed by atoms with Gasteiger partial charge in [0.05, 0.1) is 34.7 Å². The number of carbonyl (C=O) groups is 3. The van der Waals surface area contributed by atoms with Gasteiger partial charge in [0.1, 0.15) is 5.69 Å². The fourth-order valence-corrected chi connectivity index (χ4v) is 5.48. The van der Waals surface area contributed by atoms with E-state index in [1.54, 1.807) is 42.9 Å². The number of imide groups is 1. The number of benzene rings is 2. The van der Waals surface area contributed by atoms with Crippen molar-refractivity contribution in [3.05, 3.63) is 82.8 Å². The van der Waals surface area contributed by atoms with E-state index in [2.05, 4.69) is 5.32 Å². The van der Waals surface area contributed by atoms with Crippen LogP contribution in [-0.2, 0) is 21.4 Å². The molecule has 0 bridgehead atoms. The van der Waals surface area contributed by atoms with E-state index in [1.807, 2.05) is 42.5 Å². The highest BCUT2D eigenvalue weighted by atomic mass is 32.2. The molecule has 5 rings (SSSR count). The van der Waals surface area contributed by atoms with E-state index in [-0.39, 0.29) is 46.6 Å². The third kappa shape index (κ3) is 4.19. The van der Waals surface area contributed by atoms with Crippen LogP contribution in [0.15, 0.2) is 76.4 Å². The van der Waals surface area contributed by atoms with Crippen molar-refractivity contribution in [2.75, 3.05) is 16.0 Å². The predicted octanol–water partition coefficient (Wildman–Crippen LogP) is 3.67. The quantitative estimate of drug-likeness (QED) is 0.315. The highest BCUT2D eigenvalue weighted by molar-refractivity contribution is 8.00. The topological polar surface area (TPSA) is 93.4 Å². The van der Waals surface area contributed by atoms with Gasteiger partial charge in [-0.1, -0.05) is 30.4 Å². The number of fused-ring (bicyclic) bond motifs is 1. The Kier molecular flexibility index (Phi) is 6.40. The second-order valence-corrected chi connectivity index (χ2v) is 9.98. The maximum Gasteiger partial charge on any atom is 0.295 e. The molecule has 3 aromatic rings. The molecule has 0 saturated carbocycles. The second kappa shape index (κ2) is 9.66. The average molecular weight is 503 g/mol. The third-order valence-electron chi connectivity index (χ3n) is 6.79. The molecule has 8 nitrogen and oxygen atoms in total.